The minimum Gasteiger partial charge on any atom is -0.491 e. The number of benzene rings is 1. The molecule has 7 nitrogen and oxygen atoms in total. The van der Waals surface area contributed by atoms with E-state index in [4.69, 9.17) is 4.74 Å². The molecule has 1 fully saturated rings. The summed E-state index contributed by atoms with van der Waals surface area (Å²) in [7, 11) is 2.01. The Bertz CT molecular complexity index is 1010. The lowest BCUT2D eigenvalue weighted by molar-refractivity contribution is -0.159. The lowest BCUT2D eigenvalue weighted by Crippen LogP contribution is -2.51. The Labute approximate surface area is 182 Å². The van der Waals surface area contributed by atoms with Crippen LogP contribution in [0.4, 0.5) is 17.6 Å². The van der Waals surface area contributed by atoms with Crippen molar-refractivity contribution < 1.29 is 31.6 Å². The lowest BCUT2D eigenvalue weighted by atomic mass is 9.78. The molecule has 32 heavy (non-hydrogen) atoms. The zero-order valence-corrected chi connectivity index (χ0v) is 18.0. The Kier molecular flexibility index (Phi) is 5.64. The van der Waals surface area contributed by atoms with E-state index in [1.165, 1.54) is 6.07 Å². The zero-order valence-electron chi connectivity index (χ0n) is 18.0. The first-order valence-electron chi connectivity index (χ1n) is 10.3. The number of nitrogens with zero attached hydrogens (tertiary/aromatic N) is 4. The van der Waals surface area contributed by atoms with E-state index in [0.29, 0.717) is 12.8 Å². The maximum absolute atomic E-state index is 15.1. The summed E-state index contributed by atoms with van der Waals surface area (Å²) in [5.41, 5.74) is -0.377. The van der Waals surface area contributed by atoms with E-state index < -0.39 is 29.1 Å². The average molecular weight is 456 g/mol. The van der Waals surface area contributed by atoms with Crippen LogP contribution in [0.1, 0.15) is 38.1 Å². The van der Waals surface area contributed by atoms with Crippen LogP contribution >= 0.6 is 0 Å². The minimum absolute atomic E-state index is 0.00444. The van der Waals surface area contributed by atoms with Crippen molar-refractivity contribution >= 4 is 5.91 Å². The molecule has 174 valence electrons. The second-order valence-corrected chi connectivity index (χ2v) is 8.81. The average Bonchev–Trinajstić information content (AvgIpc) is 3.17. The summed E-state index contributed by atoms with van der Waals surface area (Å²) < 4.78 is 63.3. The van der Waals surface area contributed by atoms with Crippen molar-refractivity contribution in [1.29, 1.82) is 0 Å². The van der Waals surface area contributed by atoms with Crippen LogP contribution in [-0.4, -0.2) is 58.6 Å². The van der Waals surface area contributed by atoms with Gasteiger partial charge in [-0.1, -0.05) is 12.1 Å². The number of carbonyl (C=O) groups is 1. The molecule has 0 bridgehead atoms. The quantitative estimate of drug-likeness (QED) is 0.642. The summed E-state index contributed by atoms with van der Waals surface area (Å²) in [6, 6.07) is 2.10. The van der Waals surface area contributed by atoms with Crippen LogP contribution in [0.5, 0.6) is 5.75 Å². The number of ether oxygens (including phenoxy) is 1. The predicted octanol–water partition coefficient (Wildman–Crippen LogP) is 3.74. The van der Waals surface area contributed by atoms with Gasteiger partial charge >= 0.3 is 12.1 Å². The maximum Gasteiger partial charge on any atom is 0.471 e. The normalized spacial score (nSPS) is 21.6. The van der Waals surface area contributed by atoms with Crippen molar-refractivity contribution in [2.24, 2.45) is 5.41 Å². The molecule has 0 unspecified atom stereocenters. The van der Waals surface area contributed by atoms with Gasteiger partial charge in [-0.05, 0) is 52.0 Å². The molecule has 0 saturated carbocycles. The van der Waals surface area contributed by atoms with E-state index in [1.807, 2.05) is 20.9 Å². The minimum atomic E-state index is -4.80. The Morgan fingerprint density at radius 2 is 1.94 bits per heavy atom. The molecule has 3 heterocycles. The Hall–Kier alpha value is -2.69. The molecule has 0 N–H and O–H groups in total. The van der Waals surface area contributed by atoms with Crippen molar-refractivity contribution in [1.82, 2.24) is 19.9 Å². The molecular formula is C21H24F4N4O3. The SMILES string of the molecule is C[C@H]1COc2cc(-c3noc(C(F)(F)F)n3)cc(F)c2CN1C(=O)C1(C)CCN(C)CC1. The molecule has 4 rings (SSSR count). The number of halogens is 4. The molecule has 11 heteroatoms. The Morgan fingerprint density at radius 1 is 1.25 bits per heavy atom. The van der Waals surface area contributed by atoms with Gasteiger partial charge in [0.1, 0.15) is 18.2 Å². The van der Waals surface area contributed by atoms with E-state index in [0.717, 1.165) is 19.2 Å². The van der Waals surface area contributed by atoms with E-state index in [1.54, 1.807) is 4.90 Å². The molecule has 0 spiro atoms. The van der Waals surface area contributed by atoms with Gasteiger partial charge in [0, 0.05) is 16.5 Å². The molecule has 1 atom stereocenters. The third-order valence-electron chi connectivity index (χ3n) is 6.29. The van der Waals surface area contributed by atoms with Crippen LogP contribution in [0.25, 0.3) is 11.4 Å². The van der Waals surface area contributed by atoms with Gasteiger partial charge in [-0.3, -0.25) is 4.79 Å². The zero-order chi connectivity index (χ0) is 23.3. The third kappa shape index (κ3) is 4.17. The monoisotopic (exact) mass is 456 g/mol. The number of alkyl halides is 3. The fourth-order valence-corrected chi connectivity index (χ4v) is 4.05. The van der Waals surface area contributed by atoms with Gasteiger partial charge in [-0.2, -0.15) is 18.2 Å². The van der Waals surface area contributed by atoms with Gasteiger partial charge in [0.2, 0.25) is 11.7 Å². The summed E-state index contributed by atoms with van der Waals surface area (Å²) in [6.45, 7) is 5.51. The van der Waals surface area contributed by atoms with Crippen molar-refractivity contribution in [3.05, 3.63) is 29.4 Å². The molecular weight excluding hydrogens is 432 g/mol. The standard InChI is InChI=1S/C21H24F4N4O3/c1-12-11-31-16-9-13(17-26-18(32-27-17)21(23,24)25)8-15(22)14(16)10-29(12)19(30)20(2)4-6-28(3)7-5-20/h8-9,12H,4-7,10-11H2,1-3H3/t12-/m0/s1. The van der Waals surface area contributed by atoms with Crippen molar-refractivity contribution in [3.63, 3.8) is 0 Å². The topological polar surface area (TPSA) is 71.7 Å². The number of aromatic nitrogens is 2. The Balaban J connectivity index is 1.62. The summed E-state index contributed by atoms with van der Waals surface area (Å²) in [6.07, 6.45) is -3.38. The maximum atomic E-state index is 15.1. The highest BCUT2D eigenvalue weighted by atomic mass is 19.4. The van der Waals surface area contributed by atoms with Gasteiger partial charge < -0.3 is 19.1 Å². The van der Waals surface area contributed by atoms with E-state index in [9.17, 15) is 18.0 Å². The van der Waals surface area contributed by atoms with Gasteiger partial charge in [0.15, 0.2) is 0 Å². The van der Waals surface area contributed by atoms with Crippen LogP contribution in [0, 0.1) is 11.2 Å². The highest BCUT2D eigenvalue weighted by molar-refractivity contribution is 5.83. The Morgan fingerprint density at radius 3 is 2.56 bits per heavy atom. The fraction of sp³-hybridized carbons (Fsp3) is 0.571. The largest absolute Gasteiger partial charge is 0.491 e. The highest BCUT2D eigenvalue weighted by Gasteiger charge is 2.42. The summed E-state index contributed by atoms with van der Waals surface area (Å²) >= 11 is 0. The van der Waals surface area contributed by atoms with Crippen LogP contribution in [0.2, 0.25) is 0 Å². The first-order valence-corrected chi connectivity index (χ1v) is 10.3. The number of amides is 1. The number of piperidine rings is 1. The second-order valence-electron chi connectivity index (χ2n) is 8.81. The highest BCUT2D eigenvalue weighted by Crippen LogP contribution is 2.38. The molecule has 1 saturated heterocycles. The first kappa shape index (κ1) is 22.5. The number of rotatable bonds is 2. The molecule has 0 radical (unpaired) electrons. The van der Waals surface area contributed by atoms with Gasteiger partial charge in [-0.25, -0.2) is 4.39 Å². The summed E-state index contributed by atoms with van der Waals surface area (Å²) in [5.74, 6) is -2.52. The molecule has 2 aliphatic heterocycles. The molecule has 0 aliphatic carbocycles. The molecule has 1 aromatic heterocycles. The summed E-state index contributed by atoms with van der Waals surface area (Å²) in [4.78, 5) is 20.6. The molecule has 1 amide bonds. The van der Waals surface area contributed by atoms with E-state index in [2.05, 4.69) is 19.6 Å². The molecule has 2 aliphatic rings. The van der Waals surface area contributed by atoms with Gasteiger partial charge in [0.25, 0.3) is 0 Å². The number of hydrogen-bond acceptors (Lipinski definition) is 6. The molecule has 1 aromatic carbocycles. The van der Waals surface area contributed by atoms with E-state index >= 15 is 4.39 Å². The number of likely N-dealkylation sites (tertiary alicyclic amines) is 1. The lowest BCUT2D eigenvalue weighted by Gasteiger charge is -2.41. The van der Waals surface area contributed by atoms with Crippen molar-refractivity contribution in [2.75, 3.05) is 26.7 Å². The van der Waals surface area contributed by atoms with Gasteiger partial charge in [-0.15, -0.1) is 0 Å². The van der Waals surface area contributed by atoms with Gasteiger partial charge in [0.05, 0.1) is 12.6 Å². The van der Waals surface area contributed by atoms with Crippen LogP contribution in [-0.2, 0) is 17.5 Å². The van der Waals surface area contributed by atoms with Crippen molar-refractivity contribution in [3.8, 4) is 17.1 Å². The van der Waals surface area contributed by atoms with Crippen LogP contribution in [0.3, 0.4) is 0 Å². The number of fused-ring (bicyclic) bond motifs is 1. The third-order valence-corrected chi connectivity index (χ3v) is 6.29. The van der Waals surface area contributed by atoms with Crippen LogP contribution in [0.15, 0.2) is 16.7 Å². The van der Waals surface area contributed by atoms with Crippen molar-refractivity contribution in [2.45, 2.75) is 45.5 Å². The fourth-order valence-electron chi connectivity index (χ4n) is 4.05. The summed E-state index contributed by atoms with van der Waals surface area (Å²) in [5, 5.41) is 3.30. The van der Waals surface area contributed by atoms with E-state index in [-0.39, 0.29) is 42.0 Å². The first-order chi connectivity index (χ1) is 15.0. The number of carbonyl (C=O) groups excluding carboxylic acids is 1. The van der Waals surface area contributed by atoms with Crippen LogP contribution < -0.4 is 4.74 Å². The predicted molar refractivity (Wildman–Crippen MR) is 105 cm³/mol. The molecule has 2 aromatic rings. The number of hydrogen-bond donors (Lipinski definition) is 0. The smallest absolute Gasteiger partial charge is 0.471 e. The second kappa shape index (κ2) is 8.02.